The molecule has 4 heterocycles. The molecule has 0 spiro atoms. The molecule has 3 nitrogen and oxygen atoms in total. The van der Waals surface area contributed by atoms with Crippen molar-refractivity contribution < 1.29 is 20.1 Å². The van der Waals surface area contributed by atoms with E-state index in [1.165, 1.54) is 74.0 Å². The number of benzene rings is 9. The summed E-state index contributed by atoms with van der Waals surface area (Å²) >= 11 is 1.84. The van der Waals surface area contributed by atoms with Gasteiger partial charge in [0, 0.05) is 47.3 Å². The van der Waals surface area contributed by atoms with Crippen LogP contribution in [0.4, 0.5) is 0 Å². The Morgan fingerprint density at radius 3 is 1.90 bits per heavy atom. The molecule has 61 heavy (non-hydrogen) atoms. The Balaban J connectivity index is 0.000000280. The molecule has 0 saturated carbocycles. The number of aromatic nitrogens is 3. The number of pyridine rings is 1. The molecule has 0 atom stereocenters. The van der Waals surface area contributed by atoms with Crippen LogP contribution in [0.25, 0.3) is 113 Å². The Bertz CT molecular complexity index is 3800. The first kappa shape index (κ1) is 37.0. The summed E-state index contributed by atoms with van der Waals surface area (Å²) in [6, 6.07) is 75.6. The summed E-state index contributed by atoms with van der Waals surface area (Å²) in [6.07, 6.45) is 1.79. The minimum absolute atomic E-state index is 0. The number of hydrogen-bond acceptors (Lipinski definition) is 3. The molecule has 5 heteroatoms. The van der Waals surface area contributed by atoms with Gasteiger partial charge in [0.2, 0.25) is 0 Å². The molecule has 289 valence electrons. The van der Waals surface area contributed by atoms with Gasteiger partial charge in [0.15, 0.2) is 0 Å². The largest absolute Gasteiger partial charge is 0.332 e. The van der Waals surface area contributed by atoms with Gasteiger partial charge in [-0.1, -0.05) is 138 Å². The average molecular weight is 972 g/mol. The quantitative estimate of drug-likeness (QED) is 0.128. The third-order valence-electron chi connectivity index (χ3n) is 11.7. The Morgan fingerprint density at radius 2 is 1.13 bits per heavy atom. The Hall–Kier alpha value is -7.01. The van der Waals surface area contributed by atoms with Gasteiger partial charge in [0.25, 0.3) is 0 Å². The van der Waals surface area contributed by atoms with Crippen LogP contribution in [0.2, 0.25) is 0 Å². The van der Waals surface area contributed by atoms with Crippen LogP contribution in [-0.2, 0) is 20.1 Å². The van der Waals surface area contributed by atoms with Gasteiger partial charge >= 0.3 is 0 Å². The minimum atomic E-state index is 0. The zero-order valence-corrected chi connectivity index (χ0v) is 35.8. The van der Waals surface area contributed by atoms with Crippen LogP contribution < -0.4 is 0 Å². The van der Waals surface area contributed by atoms with E-state index >= 15 is 0 Å². The number of thiophene rings is 1. The van der Waals surface area contributed by atoms with Crippen molar-refractivity contribution in [1.29, 1.82) is 0 Å². The van der Waals surface area contributed by atoms with Crippen LogP contribution in [0, 0.1) is 12.1 Å². The van der Waals surface area contributed by atoms with E-state index in [1.807, 2.05) is 53.8 Å². The van der Waals surface area contributed by atoms with E-state index in [2.05, 4.69) is 173 Å². The van der Waals surface area contributed by atoms with E-state index in [0.29, 0.717) is 0 Å². The van der Waals surface area contributed by atoms with Gasteiger partial charge in [0.05, 0.1) is 16.9 Å². The fourth-order valence-electron chi connectivity index (χ4n) is 9.03. The van der Waals surface area contributed by atoms with Crippen molar-refractivity contribution in [3.63, 3.8) is 0 Å². The smallest absolute Gasteiger partial charge is 0.0780 e. The molecule has 0 saturated heterocycles. The number of hydrogen-bond donors (Lipinski definition) is 0. The zero-order valence-electron chi connectivity index (χ0n) is 32.6. The number of para-hydroxylation sites is 2. The summed E-state index contributed by atoms with van der Waals surface area (Å²) in [5, 5.41) is 14.9. The molecule has 0 aliphatic carbocycles. The van der Waals surface area contributed by atoms with Gasteiger partial charge < -0.3 is 9.38 Å². The Kier molecular flexibility index (Phi) is 9.24. The summed E-state index contributed by atoms with van der Waals surface area (Å²) in [4.78, 5) is 9.67. The predicted molar refractivity (Wildman–Crippen MR) is 255 cm³/mol. The van der Waals surface area contributed by atoms with Crippen molar-refractivity contribution in [2.24, 2.45) is 0 Å². The SMILES string of the molecule is [Ir].[c-]1ccc2c(sc3cc4ccc5ccccc5c4cc32)c1-c1nc2cccc3c4ccccc4c4ccccc4c4ccccc4n1c23.[c-]1ccccc1-c1ccccn1. The number of rotatable bonds is 2. The normalized spacial score (nSPS) is 11.5. The van der Waals surface area contributed by atoms with Gasteiger partial charge in [-0.2, -0.15) is 11.3 Å². The van der Waals surface area contributed by atoms with E-state index in [4.69, 9.17) is 4.98 Å². The second-order valence-electron chi connectivity index (χ2n) is 15.1. The second-order valence-corrected chi connectivity index (χ2v) is 16.1. The number of imidazole rings is 1. The molecule has 13 aromatic rings. The molecule has 0 aliphatic rings. The van der Waals surface area contributed by atoms with Crippen LogP contribution in [0.5, 0.6) is 0 Å². The third kappa shape index (κ3) is 6.12. The van der Waals surface area contributed by atoms with Crippen LogP contribution in [0.1, 0.15) is 0 Å². The van der Waals surface area contributed by atoms with E-state index in [1.54, 1.807) is 6.20 Å². The van der Waals surface area contributed by atoms with E-state index in [9.17, 15) is 0 Å². The molecule has 1 radical (unpaired) electrons. The molecular weight excluding hydrogens is 939 g/mol. The van der Waals surface area contributed by atoms with Gasteiger partial charge in [0.1, 0.15) is 0 Å². The van der Waals surface area contributed by atoms with Crippen molar-refractivity contribution in [3.8, 4) is 22.6 Å². The molecule has 9 aromatic carbocycles. The topological polar surface area (TPSA) is 30.2 Å². The molecular formula is C56H33IrN3S-2. The van der Waals surface area contributed by atoms with Crippen LogP contribution >= 0.6 is 11.3 Å². The molecule has 0 N–H and O–H groups in total. The van der Waals surface area contributed by atoms with E-state index in [0.717, 1.165) is 39.2 Å². The zero-order chi connectivity index (χ0) is 39.6. The standard InChI is InChI=1S/C45H25N2S.C11H8N.Ir/c1-2-12-29-27(11-1)23-24-28-25-42-39(26-38(28)29)36-19-9-20-37(44(36)48-42)45-46-40-21-10-18-35-33-16-6-4-14-31(33)30-13-3-5-15-32(30)34-17-7-8-22-41(34)47(45)43(35)40;1-2-6-10(7-3-1)11-8-4-5-9-12-11;/h1-19,21-26H;1-6,8-9H;/q2*-1;. The van der Waals surface area contributed by atoms with Crippen molar-refractivity contribution in [3.05, 3.63) is 212 Å². The maximum atomic E-state index is 5.45. The summed E-state index contributed by atoms with van der Waals surface area (Å²) in [5.74, 6) is 0.911. The average Bonchev–Trinajstić information content (AvgIpc) is 3.91. The maximum Gasteiger partial charge on any atom is 0.0780 e. The van der Waals surface area contributed by atoms with Gasteiger partial charge in [-0.05, 0) is 89.2 Å². The summed E-state index contributed by atoms with van der Waals surface area (Å²) in [5.41, 5.74) is 6.24. The first-order chi connectivity index (χ1) is 29.8. The van der Waals surface area contributed by atoms with Crippen LogP contribution in [-0.4, -0.2) is 14.4 Å². The Labute approximate surface area is 369 Å². The molecule has 0 amide bonds. The maximum absolute atomic E-state index is 5.45. The summed E-state index contributed by atoms with van der Waals surface area (Å²) in [7, 11) is 0. The number of fused-ring (bicyclic) bond motifs is 13. The molecule has 4 aromatic heterocycles. The van der Waals surface area contributed by atoms with Gasteiger partial charge in [-0.15, -0.1) is 54.1 Å². The van der Waals surface area contributed by atoms with Crippen LogP contribution in [0.15, 0.2) is 200 Å². The second kappa shape index (κ2) is 15.2. The first-order valence-corrected chi connectivity index (χ1v) is 21.0. The van der Waals surface area contributed by atoms with E-state index in [-0.39, 0.29) is 20.1 Å². The minimum Gasteiger partial charge on any atom is -0.332 e. The molecule has 0 fully saturated rings. The van der Waals surface area contributed by atoms with Crippen molar-refractivity contribution >= 4 is 102 Å². The summed E-state index contributed by atoms with van der Waals surface area (Å²) in [6.45, 7) is 0. The fourth-order valence-corrected chi connectivity index (χ4v) is 10.3. The van der Waals surface area contributed by atoms with Crippen LogP contribution in [0.3, 0.4) is 0 Å². The third-order valence-corrected chi connectivity index (χ3v) is 12.9. The van der Waals surface area contributed by atoms with E-state index < -0.39 is 0 Å². The fraction of sp³-hybridized carbons (Fsp3) is 0. The summed E-state index contributed by atoms with van der Waals surface area (Å²) < 4.78 is 4.88. The first-order valence-electron chi connectivity index (χ1n) is 20.2. The predicted octanol–water partition coefficient (Wildman–Crippen LogP) is 15.2. The molecule has 0 aliphatic heterocycles. The molecule has 0 unspecified atom stereocenters. The van der Waals surface area contributed by atoms with Gasteiger partial charge in [-0.3, -0.25) is 4.98 Å². The monoisotopic (exact) mass is 972 g/mol. The van der Waals surface area contributed by atoms with Crippen molar-refractivity contribution in [1.82, 2.24) is 14.4 Å². The molecule has 13 rings (SSSR count). The number of nitrogens with zero attached hydrogens (tertiary/aromatic N) is 3. The van der Waals surface area contributed by atoms with Crippen molar-refractivity contribution in [2.45, 2.75) is 0 Å². The Morgan fingerprint density at radius 1 is 0.459 bits per heavy atom. The van der Waals surface area contributed by atoms with Crippen molar-refractivity contribution in [2.75, 3.05) is 0 Å². The van der Waals surface area contributed by atoms with Gasteiger partial charge in [-0.25, -0.2) is 0 Å². The molecule has 0 bridgehead atoms.